The van der Waals surface area contributed by atoms with E-state index in [9.17, 15) is 9.59 Å². The summed E-state index contributed by atoms with van der Waals surface area (Å²) in [5.74, 6) is 1.07. The fourth-order valence-electron chi connectivity index (χ4n) is 4.56. The number of carbonyl (C=O) groups excluding carboxylic acids is 2. The van der Waals surface area contributed by atoms with Crippen molar-refractivity contribution in [2.45, 2.75) is 13.8 Å². The van der Waals surface area contributed by atoms with Crippen molar-refractivity contribution in [3.05, 3.63) is 119 Å². The van der Waals surface area contributed by atoms with Gasteiger partial charge in [-0.05, 0) is 67.9 Å². The summed E-state index contributed by atoms with van der Waals surface area (Å²) in [6.07, 6.45) is 0. The van der Waals surface area contributed by atoms with Gasteiger partial charge in [0.2, 0.25) is 0 Å². The summed E-state index contributed by atoms with van der Waals surface area (Å²) in [5.41, 5.74) is 4.56. The van der Waals surface area contributed by atoms with Crippen molar-refractivity contribution in [1.82, 2.24) is 4.57 Å². The Labute approximate surface area is 221 Å². The van der Waals surface area contributed by atoms with Crippen molar-refractivity contribution in [1.29, 1.82) is 0 Å². The van der Waals surface area contributed by atoms with Crippen LogP contribution in [-0.4, -0.2) is 30.0 Å². The largest absolute Gasteiger partial charge is 0.497 e. The van der Waals surface area contributed by atoms with Gasteiger partial charge < -0.3 is 18.8 Å². The number of methoxy groups -OCH3 is 1. The number of benzene rings is 4. The zero-order valence-electron chi connectivity index (χ0n) is 21.4. The fourth-order valence-corrected chi connectivity index (χ4v) is 4.56. The fraction of sp³-hybridized carbons (Fsp3) is 0.125. The molecule has 0 saturated heterocycles. The van der Waals surface area contributed by atoms with E-state index < -0.39 is 5.97 Å². The maximum Gasteiger partial charge on any atom is 0.349 e. The number of fused-ring (bicyclic) bond motifs is 1. The lowest BCUT2D eigenvalue weighted by molar-refractivity contribution is -0.136. The summed E-state index contributed by atoms with van der Waals surface area (Å²) in [4.78, 5) is 26.3. The highest BCUT2D eigenvalue weighted by molar-refractivity contribution is 6.18. The van der Waals surface area contributed by atoms with E-state index in [4.69, 9.17) is 14.2 Å². The molecule has 0 fully saturated rings. The maximum absolute atomic E-state index is 13.7. The van der Waals surface area contributed by atoms with Gasteiger partial charge in [0.25, 0.3) is 0 Å². The van der Waals surface area contributed by atoms with Gasteiger partial charge in [0.15, 0.2) is 12.4 Å². The Morgan fingerprint density at radius 3 is 2.18 bits per heavy atom. The molecule has 6 heteroatoms. The topological polar surface area (TPSA) is 66.8 Å². The maximum atomic E-state index is 13.7. The second kappa shape index (κ2) is 10.6. The third-order valence-electron chi connectivity index (χ3n) is 6.44. The van der Waals surface area contributed by atoms with Crippen molar-refractivity contribution < 1.29 is 23.8 Å². The minimum atomic E-state index is -0.533. The Kier molecular flexibility index (Phi) is 6.96. The Morgan fingerprint density at radius 1 is 0.789 bits per heavy atom. The number of ether oxygens (including phenoxy) is 3. The molecule has 6 nitrogen and oxygen atoms in total. The van der Waals surface area contributed by atoms with Crippen LogP contribution in [0, 0.1) is 13.8 Å². The predicted octanol–water partition coefficient (Wildman–Crippen LogP) is 6.47. The van der Waals surface area contributed by atoms with Crippen LogP contribution >= 0.6 is 0 Å². The number of hydrogen-bond acceptors (Lipinski definition) is 5. The Hall–Kier alpha value is -4.84. The number of aromatic nitrogens is 1. The Balaban J connectivity index is 1.52. The highest BCUT2D eigenvalue weighted by atomic mass is 16.6. The Bertz CT molecular complexity index is 1620. The average molecular weight is 506 g/mol. The van der Waals surface area contributed by atoms with Crippen LogP contribution in [-0.2, 0) is 4.79 Å². The summed E-state index contributed by atoms with van der Waals surface area (Å²) < 4.78 is 18.6. The lowest BCUT2D eigenvalue weighted by Gasteiger charge is -2.10. The molecule has 5 aromatic rings. The monoisotopic (exact) mass is 505 g/mol. The van der Waals surface area contributed by atoms with E-state index in [1.165, 1.54) is 0 Å². The van der Waals surface area contributed by atoms with Crippen LogP contribution in [0.3, 0.4) is 0 Å². The zero-order valence-corrected chi connectivity index (χ0v) is 21.4. The summed E-state index contributed by atoms with van der Waals surface area (Å²) in [5, 5.41) is 0.692. The van der Waals surface area contributed by atoms with E-state index in [1.54, 1.807) is 37.4 Å². The summed E-state index contributed by atoms with van der Waals surface area (Å²) in [7, 11) is 1.62. The number of rotatable bonds is 8. The number of para-hydroxylation sites is 1. The second-order valence-electron chi connectivity index (χ2n) is 8.90. The summed E-state index contributed by atoms with van der Waals surface area (Å²) in [6, 6.07) is 29.6. The molecule has 0 aliphatic heterocycles. The molecule has 0 amide bonds. The van der Waals surface area contributed by atoms with Gasteiger partial charge in [0.05, 0.1) is 18.2 Å². The van der Waals surface area contributed by atoms with Crippen molar-refractivity contribution >= 4 is 22.7 Å². The van der Waals surface area contributed by atoms with Gasteiger partial charge in [-0.3, -0.25) is 4.79 Å². The van der Waals surface area contributed by atoms with Gasteiger partial charge in [-0.25, -0.2) is 4.79 Å². The minimum Gasteiger partial charge on any atom is -0.497 e. The summed E-state index contributed by atoms with van der Waals surface area (Å²) >= 11 is 0. The number of aryl methyl sites for hydroxylation is 1. The lowest BCUT2D eigenvalue weighted by atomic mass is 10.0. The van der Waals surface area contributed by atoms with Gasteiger partial charge in [0.1, 0.15) is 17.2 Å². The van der Waals surface area contributed by atoms with Gasteiger partial charge in [-0.2, -0.15) is 0 Å². The van der Waals surface area contributed by atoms with Crippen LogP contribution in [0.5, 0.6) is 17.2 Å². The molecule has 1 aromatic heterocycles. The molecule has 1 heterocycles. The van der Waals surface area contributed by atoms with Crippen molar-refractivity contribution in [2.24, 2.45) is 0 Å². The number of carbonyl (C=O) groups is 2. The SMILES string of the molecule is COc1ccc(-n2c(C)c(C(=O)c3ccccc3)c3cc(OC(=O)COc4ccccc4C)ccc32)cc1. The van der Waals surface area contributed by atoms with Crippen molar-refractivity contribution in [2.75, 3.05) is 13.7 Å². The van der Waals surface area contributed by atoms with E-state index in [0.717, 1.165) is 28.2 Å². The van der Waals surface area contributed by atoms with E-state index in [0.29, 0.717) is 28.0 Å². The third-order valence-corrected chi connectivity index (χ3v) is 6.44. The molecular weight excluding hydrogens is 478 g/mol. The van der Waals surface area contributed by atoms with E-state index in [1.807, 2.05) is 85.1 Å². The number of esters is 1. The standard InChI is InChI=1S/C32H27NO5/c1-21-9-7-8-12-29(21)37-20-30(34)38-26-17-18-28-27(19-26)31(32(35)23-10-5-4-6-11-23)22(2)33(28)24-13-15-25(36-3)16-14-24/h4-19H,20H2,1-3H3. The molecule has 38 heavy (non-hydrogen) atoms. The van der Waals surface area contributed by atoms with Crippen LogP contribution < -0.4 is 14.2 Å². The van der Waals surface area contributed by atoms with Crippen molar-refractivity contribution in [3.63, 3.8) is 0 Å². The molecule has 0 spiro atoms. The molecule has 4 aromatic carbocycles. The molecule has 0 N–H and O–H groups in total. The van der Waals surface area contributed by atoms with Crippen molar-refractivity contribution in [3.8, 4) is 22.9 Å². The molecule has 190 valence electrons. The van der Waals surface area contributed by atoms with Gasteiger partial charge in [0, 0.05) is 22.3 Å². The molecule has 0 unspecified atom stereocenters. The van der Waals surface area contributed by atoms with E-state index in [2.05, 4.69) is 0 Å². The normalized spacial score (nSPS) is 10.8. The van der Waals surface area contributed by atoms with Crippen LogP contribution in [0.4, 0.5) is 0 Å². The molecule has 0 bridgehead atoms. The van der Waals surface area contributed by atoms with Crippen LogP contribution in [0.15, 0.2) is 97.1 Å². The van der Waals surface area contributed by atoms with E-state index >= 15 is 0 Å². The third kappa shape index (κ3) is 4.89. The minimum absolute atomic E-state index is 0.105. The molecule has 0 saturated carbocycles. The van der Waals surface area contributed by atoms with Gasteiger partial charge in [-0.15, -0.1) is 0 Å². The number of hydrogen-bond donors (Lipinski definition) is 0. The first kappa shape index (κ1) is 24.8. The quantitative estimate of drug-likeness (QED) is 0.137. The first-order chi connectivity index (χ1) is 18.5. The van der Waals surface area contributed by atoms with Crippen LogP contribution in [0.1, 0.15) is 27.2 Å². The summed E-state index contributed by atoms with van der Waals surface area (Å²) in [6.45, 7) is 3.60. The van der Waals surface area contributed by atoms with Gasteiger partial charge >= 0.3 is 5.97 Å². The molecular formula is C32H27NO5. The van der Waals surface area contributed by atoms with Gasteiger partial charge in [-0.1, -0.05) is 48.5 Å². The first-order valence-electron chi connectivity index (χ1n) is 12.2. The second-order valence-corrected chi connectivity index (χ2v) is 8.90. The molecule has 0 atom stereocenters. The highest BCUT2D eigenvalue weighted by Gasteiger charge is 2.23. The molecule has 5 rings (SSSR count). The Morgan fingerprint density at radius 2 is 1.47 bits per heavy atom. The molecule has 0 aliphatic carbocycles. The zero-order chi connectivity index (χ0) is 26.6. The first-order valence-corrected chi connectivity index (χ1v) is 12.2. The average Bonchev–Trinajstić information content (AvgIpc) is 3.23. The molecule has 0 aliphatic rings. The predicted molar refractivity (Wildman–Crippen MR) is 147 cm³/mol. The lowest BCUT2D eigenvalue weighted by Crippen LogP contribution is -2.18. The number of ketones is 1. The smallest absolute Gasteiger partial charge is 0.349 e. The highest BCUT2D eigenvalue weighted by Crippen LogP contribution is 2.34. The molecule has 0 radical (unpaired) electrons. The number of nitrogens with zero attached hydrogens (tertiary/aromatic N) is 1. The van der Waals surface area contributed by atoms with Crippen LogP contribution in [0.25, 0.3) is 16.6 Å². The van der Waals surface area contributed by atoms with E-state index in [-0.39, 0.29) is 12.4 Å². The van der Waals surface area contributed by atoms with Crippen LogP contribution in [0.2, 0.25) is 0 Å².